The molecule has 5 heteroatoms. The topological polar surface area (TPSA) is 15.3 Å². The van der Waals surface area contributed by atoms with Gasteiger partial charge in [0.15, 0.2) is 0 Å². The average molecular weight is 310 g/mol. The van der Waals surface area contributed by atoms with E-state index in [1.165, 1.54) is 18.6 Å². The van der Waals surface area contributed by atoms with Crippen molar-refractivity contribution in [1.29, 1.82) is 0 Å². The third-order valence-electron chi connectivity index (χ3n) is 5.46. The zero-order valence-corrected chi connectivity index (χ0v) is 12.5. The zero-order valence-electron chi connectivity index (χ0n) is 12.5. The van der Waals surface area contributed by atoms with Crippen molar-refractivity contribution < 1.29 is 13.2 Å². The highest BCUT2D eigenvalue weighted by atomic mass is 19.4. The lowest BCUT2D eigenvalue weighted by atomic mass is 9.88. The Morgan fingerprint density at radius 2 is 1.73 bits per heavy atom. The summed E-state index contributed by atoms with van der Waals surface area (Å²) in [7, 11) is 0. The molecule has 0 spiro atoms. The van der Waals surface area contributed by atoms with E-state index in [0.717, 1.165) is 62.1 Å². The number of hydrogen-bond acceptors (Lipinski definition) is 2. The molecule has 2 atom stereocenters. The number of alkyl halides is 3. The number of piperidine rings is 2. The molecule has 0 radical (unpaired) electrons. The molecule has 3 aliphatic rings. The minimum atomic E-state index is -4.26. The quantitative estimate of drug-likeness (QED) is 0.897. The molecule has 0 aromatic heterocycles. The lowest BCUT2D eigenvalue weighted by Crippen LogP contribution is -2.29. The van der Waals surface area contributed by atoms with Gasteiger partial charge in [-0.05, 0) is 67.8 Å². The molecule has 0 amide bonds. The number of nitrogens with zero attached hydrogens (tertiary/aromatic N) is 1. The van der Waals surface area contributed by atoms with E-state index in [2.05, 4.69) is 10.2 Å². The van der Waals surface area contributed by atoms with Crippen molar-refractivity contribution in [2.75, 3.05) is 31.1 Å². The molecule has 22 heavy (non-hydrogen) atoms. The van der Waals surface area contributed by atoms with Crippen LogP contribution in [0.5, 0.6) is 0 Å². The first-order valence-electron chi connectivity index (χ1n) is 8.19. The maximum atomic E-state index is 13.1. The van der Waals surface area contributed by atoms with Crippen molar-refractivity contribution in [3.05, 3.63) is 29.3 Å². The van der Waals surface area contributed by atoms with Crippen LogP contribution in [-0.4, -0.2) is 26.2 Å². The maximum Gasteiger partial charge on any atom is 0.416 e. The van der Waals surface area contributed by atoms with Crippen LogP contribution >= 0.6 is 0 Å². The summed E-state index contributed by atoms with van der Waals surface area (Å²) in [4.78, 5) is 2.20. The summed E-state index contributed by atoms with van der Waals surface area (Å²) < 4.78 is 39.3. The van der Waals surface area contributed by atoms with Crippen LogP contribution in [-0.2, 0) is 6.18 Å². The molecular formula is C17H21F3N2. The van der Waals surface area contributed by atoms with E-state index in [0.29, 0.717) is 5.92 Å². The van der Waals surface area contributed by atoms with E-state index >= 15 is 0 Å². The van der Waals surface area contributed by atoms with Crippen molar-refractivity contribution in [3.63, 3.8) is 0 Å². The van der Waals surface area contributed by atoms with Gasteiger partial charge in [0.2, 0.25) is 0 Å². The highest BCUT2D eigenvalue weighted by molar-refractivity contribution is 5.59. The molecule has 1 aromatic carbocycles. The van der Waals surface area contributed by atoms with Gasteiger partial charge in [0.1, 0.15) is 0 Å². The number of fused-ring (bicyclic) bond motifs is 1. The Kier molecular flexibility index (Phi) is 3.36. The summed E-state index contributed by atoms with van der Waals surface area (Å²) >= 11 is 0. The molecule has 1 aliphatic carbocycles. The SMILES string of the molecule is FC(F)(F)c1ccc(C2CCNCC2)c(N2CC3CC3C2)c1. The average Bonchev–Trinajstić information content (AvgIpc) is 3.13. The zero-order chi connectivity index (χ0) is 15.3. The fraction of sp³-hybridized carbons (Fsp3) is 0.647. The minimum Gasteiger partial charge on any atom is -0.371 e. The molecule has 1 N–H and O–H groups in total. The fourth-order valence-corrected chi connectivity index (χ4v) is 4.07. The Labute approximate surface area is 128 Å². The second-order valence-corrected chi connectivity index (χ2v) is 6.96. The Hall–Kier alpha value is -1.23. The monoisotopic (exact) mass is 310 g/mol. The van der Waals surface area contributed by atoms with Crippen LogP contribution < -0.4 is 10.2 Å². The van der Waals surface area contributed by atoms with Crippen molar-refractivity contribution in [2.24, 2.45) is 11.8 Å². The molecule has 3 fully saturated rings. The van der Waals surface area contributed by atoms with E-state index in [-0.39, 0.29) is 0 Å². The third kappa shape index (κ3) is 2.60. The number of nitrogens with one attached hydrogen (secondary N) is 1. The highest BCUT2D eigenvalue weighted by Gasteiger charge is 2.46. The first kappa shape index (κ1) is 14.4. The predicted octanol–water partition coefficient (Wildman–Crippen LogP) is 3.63. The lowest BCUT2D eigenvalue weighted by molar-refractivity contribution is -0.137. The molecule has 2 nitrogen and oxygen atoms in total. The van der Waals surface area contributed by atoms with Crippen molar-refractivity contribution >= 4 is 5.69 Å². The van der Waals surface area contributed by atoms with Crippen LogP contribution in [0.3, 0.4) is 0 Å². The molecule has 1 aromatic rings. The van der Waals surface area contributed by atoms with Crippen LogP contribution in [0.25, 0.3) is 0 Å². The predicted molar refractivity (Wildman–Crippen MR) is 80.1 cm³/mol. The molecule has 2 saturated heterocycles. The highest BCUT2D eigenvalue weighted by Crippen LogP contribution is 2.48. The largest absolute Gasteiger partial charge is 0.416 e. The number of hydrogen-bond donors (Lipinski definition) is 1. The Balaban J connectivity index is 1.69. The lowest BCUT2D eigenvalue weighted by Gasteiger charge is -2.30. The number of rotatable bonds is 2. The van der Waals surface area contributed by atoms with Gasteiger partial charge < -0.3 is 10.2 Å². The van der Waals surface area contributed by atoms with Crippen LogP contribution in [0, 0.1) is 11.8 Å². The fourth-order valence-electron chi connectivity index (χ4n) is 4.07. The normalized spacial score (nSPS) is 28.8. The standard InChI is InChI=1S/C17H21F3N2/c18-17(19,20)14-1-2-15(11-3-5-21-6-4-11)16(8-14)22-9-12-7-13(12)10-22/h1-2,8,11-13,21H,3-7,9-10H2. The van der Waals surface area contributed by atoms with Crippen LogP contribution in [0.2, 0.25) is 0 Å². The molecule has 2 aliphatic heterocycles. The van der Waals surface area contributed by atoms with Crippen LogP contribution in [0.15, 0.2) is 18.2 Å². The van der Waals surface area contributed by atoms with Gasteiger partial charge in [0.25, 0.3) is 0 Å². The van der Waals surface area contributed by atoms with Gasteiger partial charge in [-0.1, -0.05) is 6.07 Å². The van der Waals surface area contributed by atoms with Gasteiger partial charge in [0.05, 0.1) is 5.56 Å². The minimum absolute atomic E-state index is 0.385. The van der Waals surface area contributed by atoms with Gasteiger partial charge in [-0.2, -0.15) is 13.2 Å². The Bertz CT molecular complexity index is 554. The van der Waals surface area contributed by atoms with E-state index in [1.54, 1.807) is 6.07 Å². The first-order chi connectivity index (χ1) is 10.5. The van der Waals surface area contributed by atoms with Crippen LogP contribution in [0.4, 0.5) is 18.9 Å². The van der Waals surface area contributed by atoms with Gasteiger partial charge in [0, 0.05) is 18.8 Å². The van der Waals surface area contributed by atoms with Gasteiger partial charge >= 0.3 is 6.18 Å². The number of halogens is 3. The van der Waals surface area contributed by atoms with Gasteiger partial charge in [-0.3, -0.25) is 0 Å². The third-order valence-corrected chi connectivity index (χ3v) is 5.46. The maximum absolute atomic E-state index is 13.1. The van der Waals surface area contributed by atoms with Gasteiger partial charge in [-0.25, -0.2) is 0 Å². The molecule has 2 heterocycles. The summed E-state index contributed by atoms with van der Waals surface area (Å²) in [5.74, 6) is 1.82. The summed E-state index contributed by atoms with van der Waals surface area (Å²) in [6.07, 6.45) is -0.972. The summed E-state index contributed by atoms with van der Waals surface area (Å²) in [6, 6.07) is 4.39. The van der Waals surface area contributed by atoms with E-state index in [4.69, 9.17) is 0 Å². The Morgan fingerprint density at radius 1 is 1.05 bits per heavy atom. The van der Waals surface area contributed by atoms with E-state index < -0.39 is 11.7 Å². The van der Waals surface area contributed by atoms with Gasteiger partial charge in [-0.15, -0.1) is 0 Å². The molecule has 0 bridgehead atoms. The van der Waals surface area contributed by atoms with Crippen molar-refractivity contribution in [1.82, 2.24) is 5.32 Å². The summed E-state index contributed by atoms with van der Waals surface area (Å²) in [5, 5.41) is 3.33. The first-order valence-corrected chi connectivity index (χ1v) is 8.19. The second kappa shape index (κ2) is 5.15. The summed E-state index contributed by atoms with van der Waals surface area (Å²) in [5.41, 5.74) is 1.45. The molecule has 4 rings (SSSR count). The second-order valence-electron chi connectivity index (χ2n) is 6.96. The molecule has 2 unspecified atom stereocenters. The van der Waals surface area contributed by atoms with E-state index in [9.17, 15) is 13.2 Å². The van der Waals surface area contributed by atoms with E-state index in [1.807, 2.05) is 0 Å². The molecule has 120 valence electrons. The smallest absolute Gasteiger partial charge is 0.371 e. The van der Waals surface area contributed by atoms with Crippen molar-refractivity contribution in [2.45, 2.75) is 31.4 Å². The van der Waals surface area contributed by atoms with Crippen molar-refractivity contribution in [3.8, 4) is 0 Å². The molecule has 1 saturated carbocycles. The van der Waals surface area contributed by atoms with Crippen LogP contribution in [0.1, 0.15) is 36.3 Å². The number of benzene rings is 1. The summed E-state index contributed by atoms with van der Waals surface area (Å²) in [6.45, 7) is 3.78. The number of anilines is 1. The molecular weight excluding hydrogens is 289 g/mol. The Morgan fingerprint density at radius 3 is 2.36 bits per heavy atom.